The third-order valence-corrected chi connectivity index (χ3v) is 5.44. The van der Waals surface area contributed by atoms with E-state index in [1.807, 2.05) is 0 Å². The van der Waals surface area contributed by atoms with Gasteiger partial charge in [-0.1, -0.05) is 26.0 Å². The lowest BCUT2D eigenvalue weighted by atomic mass is 10.2. The second kappa shape index (κ2) is 8.83. The number of nitrogens with one attached hydrogen (secondary N) is 1. The molecule has 0 heterocycles. The molecule has 0 bridgehead atoms. The Bertz CT molecular complexity index is 601. The first-order valence-electron chi connectivity index (χ1n) is 7.51. The summed E-state index contributed by atoms with van der Waals surface area (Å²) in [5.74, 6) is -0.465. The maximum Gasteiger partial charge on any atom is 0.317 e. The van der Waals surface area contributed by atoms with Gasteiger partial charge >= 0.3 is 6.03 Å². The molecule has 0 aliphatic heterocycles. The van der Waals surface area contributed by atoms with E-state index in [4.69, 9.17) is 0 Å². The minimum atomic E-state index is -3.35. The van der Waals surface area contributed by atoms with Crippen LogP contribution in [-0.2, 0) is 16.6 Å². The van der Waals surface area contributed by atoms with Crippen molar-refractivity contribution in [1.29, 1.82) is 0 Å². The number of nitrogens with zero attached hydrogens (tertiary/aromatic N) is 2. The number of urea groups is 1. The lowest BCUT2D eigenvalue weighted by molar-refractivity contribution is 0.207. The Balaban J connectivity index is 2.45. The van der Waals surface area contributed by atoms with Crippen LogP contribution < -0.4 is 5.32 Å². The van der Waals surface area contributed by atoms with E-state index in [1.165, 1.54) is 21.3 Å². The fraction of sp³-hybridized carbons (Fsp3) is 0.533. The zero-order valence-electron chi connectivity index (χ0n) is 13.8. The maximum absolute atomic E-state index is 12.8. The highest BCUT2D eigenvalue weighted by molar-refractivity contribution is 7.89. The van der Waals surface area contributed by atoms with E-state index in [-0.39, 0.29) is 24.1 Å². The smallest absolute Gasteiger partial charge is 0.317 e. The molecular formula is C15H24FN3O3S. The Kier molecular flexibility index (Phi) is 7.44. The molecule has 23 heavy (non-hydrogen) atoms. The summed E-state index contributed by atoms with van der Waals surface area (Å²) in [6.07, 6.45) is 0. The second-order valence-corrected chi connectivity index (χ2v) is 7.20. The molecule has 1 N–H and O–H groups in total. The SMILES string of the molecule is CCN(CC)S(=O)(=O)CCNC(=O)N(C)Cc1ccc(F)cc1. The summed E-state index contributed by atoms with van der Waals surface area (Å²) in [5, 5.41) is 2.58. The van der Waals surface area contributed by atoms with Crippen molar-refractivity contribution in [3.63, 3.8) is 0 Å². The Morgan fingerprint density at radius 1 is 1.17 bits per heavy atom. The van der Waals surface area contributed by atoms with Crippen molar-refractivity contribution in [3.05, 3.63) is 35.6 Å². The molecule has 130 valence electrons. The molecule has 0 radical (unpaired) electrons. The van der Waals surface area contributed by atoms with Crippen molar-refractivity contribution in [2.24, 2.45) is 0 Å². The van der Waals surface area contributed by atoms with Gasteiger partial charge in [0.1, 0.15) is 5.82 Å². The molecule has 0 aliphatic carbocycles. The Morgan fingerprint density at radius 3 is 2.26 bits per heavy atom. The molecule has 1 rings (SSSR count). The number of benzene rings is 1. The average molecular weight is 345 g/mol. The molecule has 0 spiro atoms. The number of amides is 2. The minimum Gasteiger partial charge on any atom is -0.337 e. The molecule has 0 aromatic heterocycles. The van der Waals surface area contributed by atoms with Crippen LogP contribution in [0.15, 0.2) is 24.3 Å². The first-order chi connectivity index (χ1) is 10.8. The van der Waals surface area contributed by atoms with Crippen LogP contribution in [0.3, 0.4) is 0 Å². The number of hydrogen-bond acceptors (Lipinski definition) is 3. The number of hydrogen-bond donors (Lipinski definition) is 1. The van der Waals surface area contributed by atoms with Crippen LogP contribution in [0.4, 0.5) is 9.18 Å². The quantitative estimate of drug-likeness (QED) is 0.779. The Labute approximate surface area is 137 Å². The molecule has 1 aromatic rings. The van der Waals surface area contributed by atoms with Gasteiger partial charge < -0.3 is 10.2 Å². The predicted octanol–water partition coefficient (Wildman–Crippen LogP) is 1.64. The van der Waals surface area contributed by atoms with E-state index in [1.54, 1.807) is 33.0 Å². The minimum absolute atomic E-state index is 0.0470. The van der Waals surface area contributed by atoms with Gasteiger partial charge in [0.05, 0.1) is 5.75 Å². The lowest BCUT2D eigenvalue weighted by Crippen LogP contribution is -2.41. The molecule has 1 aromatic carbocycles. The number of halogens is 1. The van der Waals surface area contributed by atoms with Gasteiger partial charge in [0.2, 0.25) is 10.0 Å². The number of carbonyl (C=O) groups excluding carboxylic acids is 1. The van der Waals surface area contributed by atoms with E-state index in [0.717, 1.165) is 5.56 Å². The van der Waals surface area contributed by atoms with Crippen LogP contribution >= 0.6 is 0 Å². The van der Waals surface area contributed by atoms with E-state index in [2.05, 4.69) is 5.32 Å². The van der Waals surface area contributed by atoms with Crippen molar-refractivity contribution in [2.45, 2.75) is 20.4 Å². The van der Waals surface area contributed by atoms with Crippen LogP contribution in [0.5, 0.6) is 0 Å². The van der Waals surface area contributed by atoms with Gasteiger partial charge in [-0.15, -0.1) is 0 Å². The monoisotopic (exact) mass is 345 g/mol. The summed E-state index contributed by atoms with van der Waals surface area (Å²) in [7, 11) is -1.75. The van der Waals surface area contributed by atoms with Gasteiger partial charge in [-0.2, -0.15) is 0 Å². The van der Waals surface area contributed by atoms with Gasteiger partial charge in [0, 0.05) is 33.2 Å². The van der Waals surface area contributed by atoms with Gasteiger partial charge in [0.15, 0.2) is 0 Å². The van der Waals surface area contributed by atoms with E-state index in [0.29, 0.717) is 19.6 Å². The van der Waals surface area contributed by atoms with E-state index in [9.17, 15) is 17.6 Å². The molecule has 0 unspecified atom stereocenters. The zero-order valence-corrected chi connectivity index (χ0v) is 14.6. The molecule has 0 saturated heterocycles. The third-order valence-electron chi connectivity index (χ3n) is 3.41. The van der Waals surface area contributed by atoms with Crippen molar-refractivity contribution >= 4 is 16.1 Å². The van der Waals surface area contributed by atoms with Crippen LogP contribution in [-0.4, -0.2) is 56.1 Å². The maximum atomic E-state index is 12.8. The van der Waals surface area contributed by atoms with Gasteiger partial charge in [-0.25, -0.2) is 21.9 Å². The van der Waals surface area contributed by atoms with Gasteiger partial charge in [-0.3, -0.25) is 0 Å². The van der Waals surface area contributed by atoms with Crippen LogP contribution in [0, 0.1) is 5.82 Å². The topological polar surface area (TPSA) is 69.7 Å². The number of sulfonamides is 1. The molecular weight excluding hydrogens is 321 g/mol. The first kappa shape index (κ1) is 19.4. The third kappa shape index (κ3) is 6.15. The van der Waals surface area contributed by atoms with Crippen molar-refractivity contribution < 1.29 is 17.6 Å². The first-order valence-corrected chi connectivity index (χ1v) is 9.12. The lowest BCUT2D eigenvalue weighted by Gasteiger charge is -2.20. The van der Waals surface area contributed by atoms with Crippen molar-refractivity contribution in [2.75, 3.05) is 32.4 Å². The largest absolute Gasteiger partial charge is 0.337 e. The molecule has 8 heteroatoms. The van der Waals surface area contributed by atoms with E-state index < -0.39 is 10.0 Å². The highest BCUT2D eigenvalue weighted by Gasteiger charge is 2.19. The molecule has 0 saturated carbocycles. The van der Waals surface area contributed by atoms with Crippen LogP contribution in [0.1, 0.15) is 19.4 Å². The second-order valence-electron chi connectivity index (χ2n) is 5.11. The summed E-state index contributed by atoms with van der Waals surface area (Å²) >= 11 is 0. The highest BCUT2D eigenvalue weighted by Crippen LogP contribution is 2.05. The van der Waals surface area contributed by atoms with Crippen LogP contribution in [0.25, 0.3) is 0 Å². The summed E-state index contributed by atoms with van der Waals surface area (Å²) in [6, 6.07) is 5.49. The van der Waals surface area contributed by atoms with Crippen molar-refractivity contribution in [1.82, 2.24) is 14.5 Å². The van der Waals surface area contributed by atoms with Crippen LogP contribution in [0.2, 0.25) is 0 Å². The Morgan fingerprint density at radius 2 is 1.74 bits per heavy atom. The molecule has 0 aliphatic rings. The summed E-state index contributed by atoms with van der Waals surface area (Å²) in [4.78, 5) is 13.4. The average Bonchev–Trinajstić information content (AvgIpc) is 2.50. The summed E-state index contributed by atoms with van der Waals surface area (Å²) in [5.41, 5.74) is 0.791. The molecule has 0 fully saturated rings. The highest BCUT2D eigenvalue weighted by atomic mass is 32.2. The number of carbonyl (C=O) groups is 1. The predicted molar refractivity (Wildman–Crippen MR) is 88.0 cm³/mol. The summed E-state index contributed by atoms with van der Waals surface area (Å²) < 4.78 is 38.2. The standard InChI is InChI=1S/C15H24FN3O3S/c1-4-19(5-2)23(21,22)11-10-17-15(20)18(3)12-13-6-8-14(16)9-7-13/h6-9H,4-5,10-12H2,1-3H3,(H,17,20). The number of rotatable bonds is 8. The molecule has 6 nitrogen and oxygen atoms in total. The fourth-order valence-corrected chi connectivity index (χ4v) is 3.51. The Hall–Kier alpha value is -1.67. The molecule has 0 atom stereocenters. The van der Waals surface area contributed by atoms with Crippen molar-refractivity contribution in [3.8, 4) is 0 Å². The molecule has 2 amide bonds. The van der Waals surface area contributed by atoms with Gasteiger partial charge in [0.25, 0.3) is 0 Å². The fourth-order valence-electron chi connectivity index (χ4n) is 2.10. The van der Waals surface area contributed by atoms with E-state index >= 15 is 0 Å². The summed E-state index contributed by atoms with van der Waals surface area (Å²) in [6.45, 7) is 4.74. The zero-order chi connectivity index (χ0) is 17.5. The van der Waals surface area contributed by atoms with Gasteiger partial charge in [-0.05, 0) is 17.7 Å². The normalized spacial score (nSPS) is 11.5.